The summed E-state index contributed by atoms with van der Waals surface area (Å²) in [7, 11) is -6.92. The molecule has 0 aliphatic heterocycles. The lowest BCUT2D eigenvalue weighted by atomic mass is 10.4. The molecule has 0 N–H and O–H groups in total. The van der Waals surface area contributed by atoms with Crippen molar-refractivity contribution in [1.29, 1.82) is 0 Å². The minimum atomic E-state index is -3.42. The lowest BCUT2D eigenvalue weighted by Gasteiger charge is -2.47. The smallest absolute Gasteiger partial charge is 0.182 e. The number of benzene rings is 1. The highest BCUT2D eigenvalue weighted by Gasteiger charge is 2.53. The summed E-state index contributed by atoms with van der Waals surface area (Å²) < 4.78 is 27.7. The van der Waals surface area contributed by atoms with Gasteiger partial charge in [-0.1, -0.05) is 91.5 Å². The molecule has 0 amide bonds. The van der Waals surface area contributed by atoms with Gasteiger partial charge < -0.3 is 0 Å². The van der Waals surface area contributed by atoms with Crippen LogP contribution in [0.3, 0.4) is 0 Å². The van der Waals surface area contributed by atoms with Gasteiger partial charge in [0.2, 0.25) is 0 Å². The van der Waals surface area contributed by atoms with Crippen molar-refractivity contribution in [2.24, 2.45) is 0 Å². The number of allylic oxidation sites excluding steroid dienone is 1. The summed E-state index contributed by atoms with van der Waals surface area (Å²) in [6.45, 7) is 20.4. The van der Waals surface area contributed by atoms with E-state index in [1.807, 2.05) is 18.2 Å². The maximum atomic E-state index is 13.8. The second kappa shape index (κ2) is 9.23. The van der Waals surface area contributed by atoms with Gasteiger partial charge in [0, 0.05) is 8.07 Å². The molecule has 2 nitrogen and oxygen atoms in total. The zero-order chi connectivity index (χ0) is 21.0. The lowest BCUT2D eigenvalue weighted by Crippen LogP contribution is -2.57. The maximum Gasteiger partial charge on any atom is 0.182 e. The highest BCUT2D eigenvalue weighted by Crippen LogP contribution is 2.47. The summed E-state index contributed by atoms with van der Waals surface area (Å²) >= 11 is 0. The molecule has 1 rings (SSSR count). The first-order valence-corrected chi connectivity index (χ1v) is 17.8. The monoisotopic (exact) mass is 424 g/mol. The molecule has 1 aromatic rings. The van der Waals surface area contributed by atoms with Crippen LogP contribution >= 0.6 is 0 Å². The van der Waals surface area contributed by atoms with E-state index in [0.717, 1.165) is 6.04 Å². The highest BCUT2D eigenvalue weighted by molar-refractivity contribution is 7.94. The fourth-order valence-electron chi connectivity index (χ4n) is 4.83. The Morgan fingerprint density at radius 2 is 1.30 bits per heavy atom. The van der Waals surface area contributed by atoms with Gasteiger partial charge in [0.05, 0.1) is 17.8 Å². The van der Waals surface area contributed by atoms with Gasteiger partial charge in [-0.3, -0.25) is 0 Å². The Bertz CT molecular complexity index is 693. The highest BCUT2D eigenvalue weighted by atomic mass is 32.2. The van der Waals surface area contributed by atoms with Gasteiger partial charge in [0.1, 0.15) is 0 Å². The van der Waals surface area contributed by atoms with Crippen LogP contribution < -0.4 is 0 Å². The lowest BCUT2D eigenvalue weighted by molar-refractivity contribution is 0.593. The molecule has 0 bridgehead atoms. The molecular formula is C22H40O2SSi2. The Morgan fingerprint density at radius 1 is 0.852 bits per heavy atom. The van der Waals surface area contributed by atoms with Crippen molar-refractivity contribution in [3.63, 3.8) is 0 Å². The van der Waals surface area contributed by atoms with E-state index < -0.39 is 26.0 Å². The topological polar surface area (TPSA) is 34.1 Å². The molecule has 0 aliphatic rings. The predicted molar refractivity (Wildman–Crippen MR) is 126 cm³/mol. The fourth-order valence-corrected chi connectivity index (χ4v) is 18.3. The van der Waals surface area contributed by atoms with Crippen LogP contribution in [0.5, 0.6) is 0 Å². The number of sulfone groups is 1. The molecule has 1 unspecified atom stereocenters. The van der Waals surface area contributed by atoms with Crippen LogP contribution in [-0.4, -0.2) is 29.4 Å². The third kappa shape index (κ3) is 5.45. The van der Waals surface area contributed by atoms with Gasteiger partial charge in [-0.15, -0.1) is 0 Å². The zero-order valence-corrected chi connectivity index (χ0v) is 21.6. The second-order valence-electron chi connectivity index (χ2n) is 9.94. The summed E-state index contributed by atoms with van der Waals surface area (Å²) in [6, 6.07) is 10.1. The largest absolute Gasteiger partial charge is 0.223 e. The standard InChI is InChI=1S/C22H40O2SSi2/c1-18(2)27(19(3)4,20(5)6)22(16-13-17-26(7,8)9)25(23,24)21-14-11-10-12-15-21/h10-16,18-20,22H,17H2,1-9H3/b16-13+. The van der Waals surface area contributed by atoms with Gasteiger partial charge in [-0.05, 0) is 34.8 Å². The van der Waals surface area contributed by atoms with Crippen molar-refractivity contribution in [3.05, 3.63) is 42.5 Å². The minimum absolute atomic E-state index is 0.385. The van der Waals surface area contributed by atoms with Crippen molar-refractivity contribution in [2.45, 2.75) is 93.6 Å². The third-order valence-electron chi connectivity index (χ3n) is 5.94. The Balaban J connectivity index is 3.67. The van der Waals surface area contributed by atoms with Gasteiger partial charge in [0.15, 0.2) is 9.84 Å². The summed E-state index contributed by atoms with van der Waals surface area (Å²) in [5, 5.41) is 0. The summed E-state index contributed by atoms with van der Waals surface area (Å²) in [5.41, 5.74) is 1.16. The molecule has 0 radical (unpaired) electrons. The molecule has 1 aromatic carbocycles. The van der Waals surface area contributed by atoms with Crippen LogP contribution in [0.4, 0.5) is 0 Å². The van der Waals surface area contributed by atoms with Crippen LogP contribution in [0.25, 0.3) is 0 Å². The van der Waals surface area contributed by atoms with E-state index in [2.05, 4.69) is 73.3 Å². The quantitative estimate of drug-likeness (QED) is 0.318. The van der Waals surface area contributed by atoms with Crippen LogP contribution in [0.1, 0.15) is 41.5 Å². The molecule has 154 valence electrons. The van der Waals surface area contributed by atoms with Crippen molar-refractivity contribution < 1.29 is 8.42 Å². The SMILES string of the molecule is CC(C)[Si](C(C)C)(C(C)C)C(/C=C/C[Si](C)(C)C)S(=O)(=O)c1ccccc1. The van der Waals surface area contributed by atoms with E-state index >= 15 is 0 Å². The third-order valence-corrected chi connectivity index (χ3v) is 18.5. The summed E-state index contributed by atoms with van der Waals surface area (Å²) in [6.07, 6.45) is 4.28. The predicted octanol–water partition coefficient (Wildman–Crippen LogP) is 6.94. The Morgan fingerprint density at radius 3 is 1.67 bits per heavy atom. The molecule has 0 saturated heterocycles. The van der Waals surface area contributed by atoms with E-state index in [4.69, 9.17) is 0 Å². The van der Waals surface area contributed by atoms with Crippen LogP contribution in [0.2, 0.25) is 42.3 Å². The summed E-state index contributed by atoms with van der Waals surface area (Å²) in [4.78, 5) is 0.0789. The molecule has 0 fully saturated rings. The molecular weight excluding hydrogens is 384 g/mol. The van der Waals surface area contributed by atoms with Crippen LogP contribution in [0.15, 0.2) is 47.4 Å². The van der Waals surface area contributed by atoms with E-state index in [-0.39, 0.29) is 4.87 Å². The first-order chi connectivity index (χ1) is 12.3. The Kier molecular flexibility index (Phi) is 8.33. The number of hydrogen-bond donors (Lipinski definition) is 0. The van der Waals surface area contributed by atoms with Gasteiger partial charge in [0.25, 0.3) is 0 Å². The number of rotatable bonds is 9. The van der Waals surface area contributed by atoms with Crippen LogP contribution in [-0.2, 0) is 9.84 Å². The summed E-state index contributed by atoms with van der Waals surface area (Å²) in [5.74, 6) is 0. The molecule has 5 heteroatoms. The van der Waals surface area contributed by atoms with Crippen molar-refractivity contribution >= 4 is 26.0 Å². The minimum Gasteiger partial charge on any atom is -0.223 e. The van der Waals surface area contributed by atoms with E-state index in [9.17, 15) is 8.42 Å². The van der Waals surface area contributed by atoms with Gasteiger partial charge >= 0.3 is 0 Å². The van der Waals surface area contributed by atoms with Crippen LogP contribution in [0, 0.1) is 0 Å². The average molecular weight is 425 g/mol. The van der Waals surface area contributed by atoms with E-state index in [1.54, 1.807) is 12.1 Å². The van der Waals surface area contributed by atoms with Crippen molar-refractivity contribution in [1.82, 2.24) is 0 Å². The first kappa shape index (κ1) is 24.4. The zero-order valence-electron chi connectivity index (χ0n) is 18.8. The van der Waals surface area contributed by atoms with Crippen molar-refractivity contribution in [3.8, 4) is 0 Å². The van der Waals surface area contributed by atoms with Crippen molar-refractivity contribution in [2.75, 3.05) is 0 Å². The molecule has 0 aromatic heterocycles. The fraction of sp³-hybridized carbons (Fsp3) is 0.636. The van der Waals surface area contributed by atoms with E-state index in [0.29, 0.717) is 21.5 Å². The Hall–Kier alpha value is -0.656. The number of hydrogen-bond acceptors (Lipinski definition) is 2. The first-order valence-electron chi connectivity index (χ1n) is 10.2. The molecule has 27 heavy (non-hydrogen) atoms. The maximum absolute atomic E-state index is 13.8. The molecule has 0 aliphatic carbocycles. The van der Waals surface area contributed by atoms with Gasteiger partial charge in [-0.2, -0.15) is 0 Å². The molecule has 1 atom stereocenters. The normalized spacial score (nSPS) is 15.3. The van der Waals surface area contributed by atoms with E-state index in [1.165, 1.54) is 0 Å². The van der Waals surface area contributed by atoms with Gasteiger partial charge in [-0.25, -0.2) is 8.42 Å². The average Bonchev–Trinajstić information content (AvgIpc) is 2.52. The second-order valence-corrected chi connectivity index (χ2v) is 24.0. The Labute approximate surface area is 170 Å². The molecule has 0 saturated carbocycles. The molecule has 0 heterocycles. The molecule has 0 spiro atoms.